The molecule has 0 aliphatic heterocycles. The van der Waals surface area contributed by atoms with Crippen LogP contribution in [0.2, 0.25) is 0 Å². The summed E-state index contributed by atoms with van der Waals surface area (Å²) in [6.07, 6.45) is 2.43. The predicted molar refractivity (Wildman–Crippen MR) is 64.7 cm³/mol. The number of aryl methyl sites for hydroxylation is 2. The zero-order valence-electron chi connectivity index (χ0n) is 10.2. The molecule has 0 fully saturated rings. The van der Waals surface area contributed by atoms with Gasteiger partial charge in [-0.05, 0) is 30.9 Å². The molecule has 1 aromatic rings. The van der Waals surface area contributed by atoms with Gasteiger partial charge in [-0.3, -0.25) is 0 Å². The van der Waals surface area contributed by atoms with Crippen LogP contribution in [0.25, 0.3) is 0 Å². The van der Waals surface area contributed by atoms with E-state index >= 15 is 0 Å². The van der Waals surface area contributed by atoms with Gasteiger partial charge in [-0.1, -0.05) is 31.9 Å². The van der Waals surface area contributed by atoms with Gasteiger partial charge in [-0.25, -0.2) is 4.79 Å². The number of unbranched alkanes of at least 4 members (excludes halogenated alkanes) is 2. The molecule has 0 heterocycles. The molecule has 1 rings (SSSR count). The smallest absolute Gasteiger partial charge is 0.504 e. The van der Waals surface area contributed by atoms with Crippen LogP contribution in [0.5, 0.6) is 11.5 Å². The van der Waals surface area contributed by atoms with Gasteiger partial charge in [0.25, 0.3) is 0 Å². The summed E-state index contributed by atoms with van der Waals surface area (Å²) in [6, 6.07) is 3.58. The van der Waals surface area contributed by atoms with E-state index in [1.165, 1.54) is 0 Å². The Hall–Kier alpha value is -1.71. The van der Waals surface area contributed by atoms with E-state index in [1.54, 1.807) is 13.0 Å². The quantitative estimate of drug-likeness (QED) is 0.468. The van der Waals surface area contributed by atoms with Crippen LogP contribution in [0.3, 0.4) is 0 Å². The lowest BCUT2D eigenvalue weighted by Gasteiger charge is -2.11. The van der Waals surface area contributed by atoms with E-state index in [1.807, 2.05) is 6.07 Å². The van der Waals surface area contributed by atoms with Gasteiger partial charge in [0.2, 0.25) is 0 Å². The Morgan fingerprint density at radius 2 is 2.06 bits per heavy atom. The van der Waals surface area contributed by atoms with E-state index in [0.29, 0.717) is 12.0 Å². The number of hydrogen-bond donors (Lipinski definition) is 2. The second-order valence-corrected chi connectivity index (χ2v) is 4.04. The summed E-state index contributed by atoms with van der Waals surface area (Å²) in [7, 11) is 0. The number of phenols is 1. The van der Waals surface area contributed by atoms with Gasteiger partial charge in [0.05, 0.1) is 0 Å². The van der Waals surface area contributed by atoms with Gasteiger partial charge in [0, 0.05) is 0 Å². The lowest BCUT2D eigenvalue weighted by Crippen LogP contribution is -2.06. The van der Waals surface area contributed by atoms with Crippen LogP contribution in [-0.4, -0.2) is 16.4 Å². The van der Waals surface area contributed by atoms with Crippen LogP contribution < -0.4 is 4.74 Å². The minimum absolute atomic E-state index is 0.0774. The predicted octanol–water partition coefficient (Wildman–Crippen LogP) is 3.49. The van der Waals surface area contributed by atoms with Crippen molar-refractivity contribution < 1.29 is 19.7 Å². The number of benzene rings is 1. The maximum absolute atomic E-state index is 10.6. The molecule has 0 bridgehead atoms. The first-order valence-corrected chi connectivity index (χ1v) is 5.78. The van der Waals surface area contributed by atoms with E-state index in [0.717, 1.165) is 24.8 Å². The van der Waals surface area contributed by atoms with Gasteiger partial charge in [0.1, 0.15) is 0 Å². The molecule has 2 N–H and O–H groups in total. The Morgan fingerprint density at radius 1 is 1.35 bits per heavy atom. The number of carboxylic acid groups (broad SMARTS) is 1. The fourth-order valence-electron chi connectivity index (χ4n) is 1.67. The van der Waals surface area contributed by atoms with Gasteiger partial charge in [0.15, 0.2) is 11.5 Å². The largest absolute Gasteiger partial charge is 0.511 e. The summed E-state index contributed by atoms with van der Waals surface area (Å²) in [5.41, 5.74) is 1.35. The lowest BCUT2D eigenvalue weighted by atomic mass is 10.0. The molecule has 0 aliphatic rings. The lowest BCUT2D eigenvalue weighted by molar-refractivity contribution is 0.142. The average Bonchev–Trinajstić information content (AvgIpc) is 2.27. The third-order valence-electron chi connectivity index (χ3n) is 2.65. The molecule has 1 aromatic carbocycles. The summed E-state index contributed by atoms with van der Waals surface area (Å²) in [4.78, 5) is 10.6. The van der Waals surface area contributed by atoms with Crippen molar-refractivity contribution in [1.82, 2.24) is 0 Å². The highest BCUT2D eigenvalue weighted by atomic mass is 16.7. The van der Waals surface area contributed by atoms with Crippen molar-refractivity contribution in [3.63, 3.8) is 0 Å². The molecule has 0 atom stereocenters. The van der Waals surface area contributed by atoms with Crippen molar-refractivity contribution in [3.05, 3.63) is 23.3 Å². The Bertz CT molecular complexity index is 399. The summed E-state index contributed by atoms with van der Waals surface area (Å²) in [5, 5.41) is 18.4. The number of ether oxygens (including phenoxy) is 1. The van der Waals surface area contributed by atoms with Gasteiger partial charge >= 0.3 is 6.16 Å². The molecule has 4 nitrogen and oxygen atoms in total. The fraction of sp³-hybridized carbons (Fsp3) is 0.462. The molecule has 17 heavy (non-hydrogen) atoms. The van der Waals surface area contributed by atoms with Crippen LogP contribution in [-0.2, 0) is 6.42 Å². The summed E-state index contributed by atoms with van der Waals surface area (Å²) >= 11 is 0. The van der Waals surface area contributed by atoms with Crippen LogP contribution in [0.15, 0.2) is 12.1 Å². The van der Waals surface area contributed by atoms with E-state index in [-0.39, 0.29) is 11.5 Å². The average molecular weight is 238 g/mol. The third-order valence-corrected chi connectivity index (χ3v) is 2.65. The molecule has 0 saturated heterocycles. The van der Waals surface area contributed by atoms with E-state index in [2.05, 4.69) is 11.7 Å². The molecule has 0 aliphatic carbocycles. The standard InChI is InChI=1S/C13H18O4/c1-3-4-5-6-10-8-7-9(2)11(14)12(10)17-13(15)16/h7-8,14H,3-6H2,1-2H3,(H,15,16). The molecule has 0 amide bonds. The van der Waals surface area contributed by atoms with Gasteiger partial charge in [-0.2, -0.15) is 0 Å². The molecule has 0 radical (unpaired) electrons. The topological polar surface area (TPSA) is 66.8 Å². The summed E-state index contributed by atoms with van der Waals surface area (Å²) in [6.45, 7) is 3.81. The summed E-state index contributed by atoms with van der Waals surface area (Å²) in [5.74, 6) is -0.00463. The molecule has 94 valence electrons. The molecule has 0 aromatic heterocycles. The Morgan fingerprint density at radius 3 is 2.65 bits per heavy atom. The molecule has 4 heteroatoms. The van der Waals surface area contributed by atoms with Gasteiger partial charge in [-0.15, -0.1) is 0 Å². The second-order valence-electron chi connectivity index (χ2n) is 4.04. The van der Waals surface area contributed by atoms with E-state index in [4.69, 9.17) is 5.11 Å². The minimum Gasteiger partial charge on any atom is -0.504 e. The fourth-order valence-corrected chi connectivity index (χ4v) is 1.67. The highest BCUT2D eigenvalue weighted by molar-refractivity contribution is 5.65. The summed E-state index contributed by atoms with van der Waals surface area (Å²) < 4.78 is 4.65. The van der Waals surface area contributed by atoms with E-state index in [9.17, 15) is 9.90 Å². The van der Waals surface area contributed by atoms with Crippen LogP contribution in [0.1, 0.15) is 37.3 Å². The van der Waals surface area contributed by atoms with Crippen LogP contribution in [0.4, 0.5) is 4.79 Å². The third kappa shape index (κ3) is 3.66. The molecular formula is C13H18O4. The zero-order chi connectivity index (χ0) is 12.8. The van der Waals surface area contributed by atoms with Crippen LogP contribution >= 0.6 is 0 Å². The van der Waals surface area contributed by atoms with Crippen molar-refractivity contribution in [2.45, 2.75) is 39.5 Å². The van der Waals surface area contributed by atoms with Crippen molar-refractivity contribution in [1.29, 1.82) is 0 Å². The number of aromatic hydroxyl groups is 1. The van der Waals surface area contributed by atoms with Crippen molar-refractivity contribution >= 4 is 6.16 Å². The van der Waals surface area contributed by atoms with Crippen molar-refractivity contribution in [3.8, 4) is 11.5 Å². The number of hydrogen-bond acceptors (Lipinski definition) is 3. The molecule has 0 saturated carbocycles. The molecular weight excluding hydrogens is 220 g/mol. The molecule has 0 spiro atoms. The maximum atomic E-state index is 10.6. The Balaban J connectivity index is 2.94. The SMILES string of the molecule is CCCCCc1ccc(C)c(O)c1OC(=O)O. The first-order valence-electron chi connectivity index (χ1n) is 5.78. The highest BCUT2D eigenvalue weighted by Gasteiger charge is 2.14. The normalized spacial score (nSPS) is 10.2. The number of rotatable bonds is 5. The van der Waals surface area contributed by atoms with Gasteiger partial charge < -0.3 is 14.9 Å². The number of carbonyl (C=O) groups is 1. The molecule has 0 unspecified atom stereocenters. The van der Waals surface area contributed by atoms with Crippen LogP contribution in [0, 0.1) is 6.92 Å². The Kier molecular flexibility index (Phi) is 4.82. The first-order chi connectivity index (χ1) is 8.06. The highest BCUT2D eigenvalue weighted by Crippen LogP contribution is 2.34. The number of phenolic OH excluding ortho intramolecular Hbond substituents is 1. The maximum Gasteiger partial charge on any atom is 0.511 e. The zero-order valence-corrected chi connectivity index (χ0v) is 10.2. The van der Waals surface area contributed by atoms with Crippen molar-refractivity contribution in [2.75, 3.05) is 0 Å². The monoisotopic (exact) mass is 238 g/mol. The minimum atomic E-state index is -1.40. The first kappa shape index (κ1) is 13.4. The second kappa shape index (κ2) is 6.13. The Labute approximate surface area is 101 Å². The van der Waals surface area contributed by atoms with Crippen molar-refractivity contribution in [2.24, 2.45) is 0 Å². The van der Waals surface area contributed by atoms with E-state index < -0.39 is 6.16 Å².